The zero-order valence-electron chi connectivity index (χ0n) is 17.0. The summed E-state index contributed by atoms with van der Waals surface area (Å²) >= 11 is 0. The Morgan fingerprint density at radius 3 is 2.42 bits per heavy atom. The lowest BCUT2D eigenvalue weighted by molar-refractivity contribution is -0.174. The summed E-state index contributed by atoms with van der Waals surface area (Å²) in [4.78, 5) is 25.4. The first-order valence-electron chi connectivity index (χ1n) is 10.1. The molecule has 2 aromatic rings. The SMILES string of the molecule is O=C(c1cnn2c1NC(c1ccccc1)CC2C(F)(F)F)N1CC[C@H](NC(=O)C(F)(F)F)C1. The first kappa shape index (κ1) is 22.9. The Bertz CT molecular complexity index is 1040. The number of hydrogen-bond acceptors (Lipinski definition) is 4. The highest BCUT2D eigenvalue weighted by molar-refractivity contribution is 5.99. The summed E-state index contributed by atoms with van der Waals surface area (Å²) in [5, 5.41) is 8.58. The number of aromatic nitrogens is 2. The molecule has 4 rings (SSSR count). The van der Waals surface area contributed by atoms with Crippen LogP contribution in [0.15, 0.2) is 36.5 Å². The van der Waals surface area contributed by atoms with Gasteiger partial charge >= 0.3 is 18.3 Å². The predicted octanol–water partition coefficient (Wildman–Crippen LogP) is 3.44. The molecule has 13 heteroatoms. The summed E-state index contributed by atoms with van der Waals surface area (Å²) in [5.74, 6) is -2.89. The summed E-state index contributed by atoms with van der Waals surface area (Å²) in [7, 11) is 0. The second-order valence-corrected chi connectivity index (χ2v) is 7.96. The Hall–Kier alpha value is -3.25. The van der Waals surface area contributed by atoms with E-state index in [9.17, 15) is 35.9 Å². The van der Waals surface area contributed by atoms with E-state index in [1.165, 1.54) is 4.90 Å². The van der Waals surface area contributed by atoms with Crippen molar-refractivity contribution in [2.24, 2.45) is 0 Å². The van der Waals surface area contributed by atoms with Crippen LogP contribution in [-0.4, -0.2) is 58.0 Å². The number of carbonyl (C=O) groups is 2. The second kappa shape index (κ2) is 8.27. The molecule has 0 radical (unpaired) electrons. The molecule has 1 aromatic heterocycles. The van der Waals surface area contributed by atoms with Crippen LogP contribution in [0.3, 0.4) is 0 Å². The Morgan fingerprint density at radius 2 is 1.79 bits per heavy atom. The number of nitrogens with one attached hydrogen (secondary N) is 2. The quantitative estimate of drug-likeness (QED) is 0.667. The number of halogens is 6. The van der Waals surface area contributed by atoms with Crippen molar-refractivity contribution < 1.29 is 35.9 Å². The summed E-state index contributed by atoms with van der Waals surface area (Å²) in [6.07, 6.45) is -8.88. The molecule has 2 amide bonds. The number of amides is 2. The van der Waals surface area contributed by atoms with Crippen molar-refractivity contribution in [3.8, 4) is 0 Å². The minimum Gasteiger partial charge on any atom is -0.363 e. The van der Waals surface area contributed by atoms with Crippen LogP contribution >= 0.6 is 0 Å². The van der Waals surface area contributed by atoms with Gasteiger partial charge in [0.15, 0.2) is 6.04 Å². The van der Waals surface area contributed by atoms with E-state index in [1.807, 2.05) is 5.32 Å². The molecule has 178 valence electrons. The highest BCUT2D eigenvalue weighted by Gasteiger charge is 2.48. The number of rotatable bonds is 3. The van der Waals surface area contributed by atoms with Crippen LogP contribution in [0.25, 0.3) is 0 Å². The lowest BCUT2D eigenvalue weighted by Gasteiger charge is -2.34. The fourth-order valence-corrected chi connectivity index (χ4v) is 4.12. The van der Waals surface area contributed by atoms with Gasteiger partial charge in [0.1, 0.15) is 11.4 Å². The van der Waals surface area contributed by atoms with Gasteiger partial charge in [0.05, 0.1) is 12.2 Å². The van der Waals surface area contributed by atoms with E-state index < -0.39 is 42.3 Å². The maximum absolute atomic E-state index is 13.8. The first-order valence-corrected chi connectivity index (χ1v) is 10.1. The molecule has 7 nitrogen and oxygen atoms in total. The van der Waals surface area contributed by atoms with Crippen LogP contribution in [0.1, 0.15) is 40.8 Å². The van der Waals surface area contributed by atoms with E-state index in [2.05, 4.69) is 10.4 Å². The van der Waals surface area contributed by atoms with Gasteiger partial charge in [-0.15, -0.1) is 0 Å². The number of hydrogen-bond donors (Lipinski definition) is 2. The summed E-state index contributed by atoms with van der Waals surface area (Å²) < 4.78 is 79.5. The summed E-state index contributed by atoms with van der Waals surface area (Å²) in [6, 6.07) is 4.86. The number of anilines is 1. The molecule has 0 saturated carbocycles. The van der Waals surface area contributed by atoms with Gasteiger partial charge in [-0.2, -0.15) is 31.4 Å². The molecular formula is C20H19F6N5O2. The van der Waals surface area contributed by atoms with Crippen LogP contribution in [0.5, 0.6) is 0 Å². The maximum atomic E-state index is 13.8. The molecule has 0 bridgehead atoms. The van der Waals surface area contributed by atoms with Crippen LogP contribution in [0.4, 0.5) is 32.2 Å². The fourth-order valence-electron chi connectivity index (χ4n) is 4.12. The number of alkyl halides is 6. The zero-order chi connectivity index (χ0) is 24.0. The molecule has 0 aliphatic carbocycles. The number of nitrogens with zero attached hydrogens (tertiary/aromatic N) is 3. The largest absolute Gasteiger partial charge is 0.471 e. The Balaban J connectivity index is 1.57. The maximum Gasteiger partial charge on any atom is 0.471 e. The van der Waals surface area contributed by atoms with E-state index in [4.69, 9.17) is 0 Å². The molecule has 1 aromatic carbocycles. The van der Waals surface area contributed by atoms with Crippen LogP contribution in [0.2, 0.25) is 0 Å². The third-order valence-electron chi connectivity index (χ3n) is 5.74. The minimum atomic E-state index is -5.05. The van der Waals surface area contributed by atoms with Gasteiger partial charge in [-0.05, 0) is 12.0 Å². The van der Waals surface area contributed by atoms with Gasteiger partial charge < -0.3 is 15.5 Å². The van der Waals surface area contributed by atoms with Gasteiger partial charge in [0.2, 0.25) is 0 Å². The van der Waals surface area contributed by atoms with E-state index in [-0.39, 0.29) is 37.3 Å². The van der Waals surface area contributed by atoms with E-state index >= 15 is 0 Å². The third-order valence-corrected chi connectivity index (χ3v) is 5.74. The molecule has 2 aliphatic heterocycles. The van der Waals surface area contributed by atoms with E-state index in [1.54, 1.807) is 30.3 Å². The number of likely N-dealkylation sites (tertiary alicyclic amines) is 1. The summed E-state index contributed by atoms with van der Waals surface area (Å²) in [6.45, 7) is -0.160. The van der Waals surface area contributed by atoms with Crippen molar-refractivity contribution in [2.45, 2.75) is 43.3 Å². The lowest BCUT2D eigenvalue weighted by atomic mass is 9.96. The number of fused-ring (bicyclic) bond motifs is 1. The van der Waals surface area contributed by atoms with Crippen LogP contribution in [-0.2, 0) is 4.79 Å². The van der Waals surface area contributed by atoms with Gasteiger partial charge in [-0.3, -0.25) is 9.59 Å². The van der Waals surface area contributed by atoms with Crippen molar-refractivity contribution in [3.63, 3.8) is 0 Å². The Labute approximate surface area is 183 Å². The molecule has 3 heterocycles. The first-order chi connectivity index (χ1) is 15.4. The van der Waals surface area contributed by atoms with Gasteiger partial charge in [0, 0.05) is 25.6 Å². The van der Waals surface area contributed by atoms with Gasteiger partial charge in [-0.25, -0.2) is 4.68 Å². The van der Waals surface area contributed by atoms with E-state index in [0.717, 1.165) is 10.9 Å². The topological polar surface area (TPSA) is 79.3 Å². The number of benzene rings is 1. The van der Waals surface area contributed by atoms with Gasteiger partial charge in [-0.1, -0.05) is 30.3 Å². The minimum absolute atomic E-state index is 0.0388. The second-order valence-electron chi connectivity index (χ2n) is 7.96. The molecule has 33 heavy (non-hydrogen) atoms. The highest BCUT2D eigenvalue weighted by atomic mass is 19.4. The molecule has 3 atom stereocenters. The van der Waals surface area contributed by atoms with Crippen molar-refractivity contribution in [3.05, 3.63) is 47.7 Å². The van der Waals surface area contributed by atoms with Crippen molar-refractivity contribution >= 4 is 17.6 Å². The Morgan fingerprint density at radius 1 is 1.09 bits per heavy atom. The molecular weight excluding hydrogens is 456 g/mol. The van der Waals surface area contributed by atoms with Crippen molar-refractivity contribution in [2.75, 3.05) is 18.4 Å². The third kappa shape index (κ3) is 4.62. The summed E-state index contributed by atoms with van der Waals surface area (Å²) in [5.41, 5.74) is 0.487. The lowest BCUT2D eigenvalue weighted by Crippen LogP contribution is -2.44. The average molecular weight is 475 g/mol. The highest BCUT2D eigenvalue weighted by Crippen LogP contribution is 2.44. The van der Waals surface area contributed by atoms with Crippen LogP contribution in [0, 0.1) is 0 Å². The Kier molecular flexibility index (Phi) is 5.74. The average Bonchev–Trinajstić information content (AvgIpc) is 3.39. The van der Waals surface area contributed by atoms with Crippen molar-refractivity contribution in [1.29, 1.82) is 0 Å². The molecule has 1 fully saturated rings. The fraction of sp³-hybridized carbons (Fsp3) is 0.450. The number of carbonyl (C=O) groups excluding carboxylic acids is 2. The molecule has 2 unspecified atom stereocenters. The normalized spacial score (nSPS) is 23.1. The van der Waals surface area contributed by atoms with E-state index in [0.29, 0.717) is 5.56 Å². The standard InChI is InChI=1S/C20H19F6N5O2/c21-19(22,23)15-8-14(11-4-2-1-3-5-11)29-16-13(9-27-31(15)16)17(32)30-7-6-12(10-30)28-18(33)20(24,25)26/h1-5,9,12,14-15,29H,6-8,10H2,(H,28,33)/t12-,14?,15?/m0/s1. The van der Waals surface area contributed by atoms with Crippen molar-refractivity contribution in [1.82, 2.24) is 20.0 Å². The van der Waals surface area contributed by atoms with Gasteiger partial charge in [0.25, 0.3) is 5.91 Å². The van der Waals surface area contributed by atoms with Crippen LogP contribution < -0.4 is 10.6 Å². The molecule has 0 spiro atoms. The zero-order valence-corrected chi connectivity index (χ0v) is 17.0. The smallest absolute Gasteiger partial charge is 0.363 e. The molecule has 2 N–H and O–H groups in total. The predicted molar refractivity (Wildman–Crippen MR) is 103 cm³/mol. The molecule has 2 aliphatic rings. The monoisotopic (exact) mass is 475 g/mol. The molecule has 1 saturated heterocycles.